The van der Waals surface area contributed by atoms with E-state index >= 15 is 0 Å². The van der Waals surface area contributed by atoms with E-state index in [0.717, 1.165) is 5.56 Å². The van der Waals surface area contributed by atoms with Gasteiger partial charge < -0.3 is 49.7 Å². The maximum Gasteiger partial charge on any atom is 0.311 e. The largest absolute Gasteiger partial charge is 0.459 e. The lowest BCUT2D eigenvalue weighted by atomic mass is 9.73. The van der Waals surface area contributed by atoms with E-state index in [1.165, 1.54) is 25.7 Å². The van der Waals surface area contributed by atoms with Crippen molar-refractivity contribution in [1.82, 2.24) is 4.90 Å². The molecule has 15 atom stereocenters. The van der Waals surface area contributed by atoms with Crippen molar-refractivity contribution in [3.63, 3.8) is 0 Å². The van der Waals surface area contributed by atoms with E-state index in [1.807, 2.05) is 30.3 Å². The average molecular weight is 682 g/mol. The Morgan fingerprint density at radius 3 is 2.15 bits per heavy atom. The minimum atomic E-state index is -1.92. The summed E-state index contributed by atoms with van der Waals surface area (Å²) in [5.41, 5.74) is -2.87. The number of nitrogens with zero attached hydrogens (tertiary/aromatic N) is 1. The van der Waals surface area contributed by atoms with Crippen LogP contribution in [0.1, 0.15) is 80.2 Å². The van der Waals surface area contributed by atoms with Gasteiger partial charge in [0.2, 0.25) is 5.91 Å². The molecular weight excluding hydrogens is 622 g/mol. The summed E-state index contributed by atoms with van der Waals surface area (Å²) in [5, 5.41) is 68.9. The Balaban J connectivity index is 1.96. The van der Waals surface area contributed by atoms with Gasteiger partial charge in [0.1, 0.15) is 17.8 Å². The zero-order chi connectivity index (χ0) is 36.3. The Kier molecular flexibility index (Phi) is 13.6. The highest BCUT2D eigenvalue weighted by Crippen LogP contribution is 2.38. The minimum Gasteiger partial charge on any atom is -0.459 e. The zero-order valence-electron chi connectivity index (χ0n) is 29.9. The van der Waals surface area contributed by atoms with Gasteiger partial charge in [-0.3, -0.25) is 9.59 Å². The first kappa shape index (κ1) is 40.3. The number of benzene rings is 1. The monoisotopic (exact) mass is 681 g/mol. The zero-order valence-corrected chi connectivity index (χ0v) is 29.9. The second kappa shape index (κ2) is 16.2. The molecule has 1 aromatic rings. The molecule has 2 heterocycles. The molecule has 0 aliphatic carbocycles. The van der Waals surface area contributed by atoms with E-state index in [2.05, 4.69) is 0 Å². The van der Waals surface area contributed by atoms with Crippen LogP contribution in [0.25, 0.3) is 0 Å². The molecule has 1 unspecified atom stereocenters. The lowest BCUT2D eigenvalue weighted by molar-refractivity contribution is -0.299. The Morgan fingerprint density at radius 1 is 0.958 bits per heavy atom. The van der Waals surface area contributed by atoms with Crippen LogP contribution >= 0.6 is 0 Å². The summed E-state index contributed by atoms with van der Waals surface area (Å²) in [4.78, 5) is 28.1. The molecule has 0 aromatic heterocycles. The van der Waals surface area contributed by atoms with Crippen LogP contribution in [0.15, 0.2) is 30.3 Å². The number of cyclic esters (lactones) is 1. The highest BCUT2D eigenvalue weighted by atomic mass is 16.7. The number of carbonyl (C=O) groups is 2. The number of aliphatic hydroxyl groups excluding tert-OH is 4. The number of amides is 1. The number of likely N-dealkylation sites (N-methyl/N-ethyl adjacent to an activating group) is 1. The molecule has 12 heteroatoms. The van der Waals surface area contributed by atoms with E-state index in [4.69, 9.17) is 14.2 Å². The van der Waals surface area contributed by atoms with Crippen molar-refractivity contribution in [3.05, 3.63) is 35.9 Å². The lowest BCUT2D eigenvalue weighted by Crippen LogP contribution is -2.61. The molecule has 3 rings (SSSR count). The number of rotatable bonds is 6. The van der Waals surface area contributed by atoms with Crippen molar-refractivity contribution < 1.29 is 54.4 Å². The summed E-state index contributed by atoms with van der Waals surface area (Å²) in [7, 11) is 1.62. The van der Waals surface area contributed by atoms with Gasteiger partial charge in [0.25, 0.3) is 0 Å². The van der Waals surface area contributed by atoms with Gasteiger partial charge >= 0.3 is 5.97 Å². The average Bonchev–Trinajstić information content (AvgIpc) is 3.04. The molecule has 1 amide bonds. The van der Waals surface area contributed by atoms with Crippen LogP contribution in [0.4, 0.5) is 0 Å². The smallest absolute Gasteiger partial charge is 0.311 e. The van der Waals surface area contributed by atoms with Crippen LogP contribution in [0.2, 0.25) is 0 Å². The summed E-state index contributed by atoms with van der Waals surface area (Å²) in [6.07, 6.45) is -9.08. The lowest BCUT2D eigenvalue weighted by Gasteiger charge is -2.48. The Hall–Kier alpha value is -2.16. The van der Waals surface area contributed by atoms with Gasteiger partial charge in [0.15, 0.2) is 6.29 Å². The molecule has 0 saturated carbocycles. The molecule has 1 aromatic carbocycles. The summed E-state index contributed by atoms with van der Waals surface area (Å²) in [6, 6.07) is 8.58. The maximum absolute atomic E-state index is 13.3. The van der Waals surface area contributed by atoms with Crippen molar-refractivity contribution >= 4 is 11.9 Å². The minimum absolute atomic E-state index is 0.0810. The predicted molar refractivity (Wildman–Crippen MR) is 177 cm³/mol. The number of hydrogen-bond acceptors (Lipinski definition) is 11. The van der Waals surface area contributed by atoms with Crippen molar-refractivity contribution in [1.29, 1.82) is 0 Å². The fourth-order valence-corrected chi connectivity index (χ4v) is 7.54. The van der Waals surface area contributed by atoms with E-state index < -0.39 is 95.9 Å². The predicted octanol–water partition coefficient (Wildman–Crippen LogP) is 1.79. The number of aliphatic hydroxyl groups is 6. The molecule has 0 bridgehead atoms. The van der Waals surface area contributed by atoms with Gasteiger partial charge in [-0.2, -0.15) is 0 Å². The van der Waals surface area contributed by atoms with E-state index in [9.17, 15) is 40.2 Å². The summed E-state index contributed by atoms with van der Waals surface area (Å²) >= 11 is 0. The third-order valence-corrected chi connectivity index (χ3v) is 10.7. The molecule has 274 valence electrons. The highest BCUT2D eigenvalue weighted by molar-refractivity contribution is 5.79. The number of esters is 1. The summed E-state index contributed by atoms with van der Waals surface area (Å²) < 4.78 is 18.1. The maximum atomic E-state index is 13.3. The first-order valence-electron chi connectivity index (χ1n) is 17.2. The Labute approximate surface area is 285 Å². The van der Waals surface area contributed by atoms with Crippen LogP contribution in [0.5, 0.6) is 0 Å². The van der Waals surface area contributed by atoms with Crippen molar-refractivity contribution in [3.8, 4) is 0 Å². The quantitative estimate of drug-likeness (QED) is 0.241. The van der Waals surface area contributed by atoms with Crippen molar-refractivity contribution in [2.24, 2.45) is 23.7 Å². The summed E-state index contributed by atoms with van der Waals surface area (Å²) in [5.74, 6) is -4.66. The molecular formula is C36H59NO11. The molecule has 48 heavy (non-hydrogen) atoms. The van der Waals surface area contributed by atoms with E-state index in [-0.39, 0.29) is 25.2 Å². The van der Waals surface area contributed by atoms with E-state index in [1.54, 1.807) is 41.7 Å². The van der Waals surface area contributed by atoms with Crippen LogP contribution < -0.4 is 0 Å². The second-order valence-corrected chi connectivity index (χ2v) is 14.9. The van der Waals surface area contributed by atoms with Crippen LogP contribution in [-0.4, -0.2) is 121 Å². The normalized spacial score (nSPS) is 43.6. The molecule has 2 aliphatic rings. The van der Waals surface area contributed by atoms with Crippen molar-refractivity contribution in [2.75, 3.05) is 7.05 Å². The molecule has 2 saturated heterocycles. The van der Waals surface area contributed by atoms with E-state index in [0.29, 0.717) is 6.42 Å². The standard InChI is InChI=1S/C36H59NO11/c1-10-26-36(8,45)31(42)21(4)28(39)19(2)18-35(7,44)32(22(5)29(40)23(6)33(43)47-26)48-34-30(41)25(16-20(3)46-34)37(9)27(38)17-24-14-12-11-13-15-24/h11-15,19-23,25-26,28-32,34,39-42,44-45H,10,16-18H2,1-9H3/t19-,20-,21+,22+,23-,25+,26-,28+,29+,30-,31-,32-,34+,35?,36-/m1/s1. The molecule has 0 radical (unpaired) electrons. The number of hydrogen-bond donors (Lipinski definition) is 6. The highest BCUT2D eigenvalue weighted by Gasteiger charge is 2.51. The van der Waals surface area contributed by atoms with Crippen LogP contribution in [-0.2, 0) is 30.2 Å². The first-order chi connectivity index (χ1) is 22.2. The third-order valence-electron chi connectivity index (χ3n) is 10.7. The molecule has 12 nitrogen and oxygen atoms in total. The van der Waals surface area contributed by atoms with Gasteiger partial charge in [0.05, 0.1) is 54.5 Å². The van der Waals surface area contributed by atoms with Gasteiger partial charge in [-0.05, 0) is 58.4 Å². The first-order valence-corrected chi connectivity index (χ1v) is 17.2. The van der Waals surface area contributed by atoms with Gasteiger partial charge in [0, 0.05) is 18.9 Å². The Morgan fingerprint density at radius 2 is 1.56 bits per heavy atom. The second-order valence-electron chi connectivity index (χ2n) is 14.9. The summed E-state index contributed by atoms with van der Waals surface area (Å²) in [6.45, 7) is 12.6. The topological polar surface area (TPSA) is 186 Å². The number of carbonyl (C=O) groups excluding carboxylic acids is 2. The molecule has 2 fully saturated rings. The molecule has 0 spiro atoms. The van der Waals surface area contributed by atoms with Gasteiger partial charge in [-0.15, -0.1) is 0 Å². The SMILES string of the molecule is CC[C@H]1OC(=O)[C@H](C)[C@@H](O)[C@H](C)[C@@H](O[C@@H]2O[C@H](C)C[C@H](N(C)C(=O)Cc3ccccc3)[C@H]2O)C(C)(O)C[C@@H](C)[C@H](O)[C@H](C)[C@@H](O)[C@]1(C)O. The molecule has 6 N–H and O–H groups in total. The molecule has 2 aliphatic heterocycles. The van der Waals surface area contributed by atoms with Gasteiger partial charge in [-0.1, -0.05) is 58.0 Å². The van der Waals surface area contributed by atoms with Gasteiger partial charge in [-0.25, -0.2) is 0 Å². The number of ether oxygens (including phenoxy) is 3. The van der Waals surface area contributed by atoms with Crippen LogP contribution in [0.3, 0.4) is 0 Å². The van der Waals surface area contributed by atoms with Crippen molar-refractivity contribution in [2.45, 2.75) is 147 Å². The fourth-order valence-electron chi connectivity index (χ4n) is 7.54. The Bertz CT molecular complexity index is 1200. The third kappa shape index (κ3) is 8.95. The fraction of sp³-hybridized carbons (Fsp3) is 0.778. The van der Waals surface area contributed by atoms with Crippen LogP contribution in [0, 0.1) is 23.7 Å².